The molecule has 1 aromatic heterocycles. The monoisotopic (exact) mass is 370 g/mol. The summed E-state index contributed by atoms with van der Waals surface area (Å²) in [4.78, 5) is 38.2. The van der Waals surface area contributed by atoms with Crippen LogP contribution in [0.25, 0.3) is 0 Å². The first-order chi connectivity index (χ1) is 13.0. The van der Waals surface area contributed by atoms with Crippen molar-refractivity contribution >= 4 is 17.7 Å². The second-order valence-electron chi connectivity index (χ2n) is 6.81. The molecule has 1 aliphatic rings. The second-order valence-corrected chi connectivity index (χ2v) is 6.81. The molecule has 2 heterocycles. The number of benzene rings is 1. The molecule has 0 saturated carbocycles. The van der Waals surface area contributed by atoms with Crippen LogP contribution in [-0.2, 0) is 9.53 Å². The van der Waals surface area contributed by atoms with Gasteiger partial charge >= 0.3 is 0 Å². The molecule has 1 aromatic carbocycles. The van der Waals surface area contributed by atoms with Crippen molar-refractivity contribution in [1.82, 2.24) is 10.2 Å². The number of hydrogen-bond donors (Lipinski definition) is 1. The van der Waals surface area contributed by atoms with Crippen molar-refractivity contribution in [3.8, 4) is 0 Å². The minimum Gasteiger partial charge on any atom is -0.467 e. The highest BCUT2D eigenvalue weighted by molar-refractivity contribution is 6.22. The predicted octanol–water partition coefficient (Wildman–Crippen LogP) is 2.41. The van der Waals surface area contributed by atoms with Crippen LogP contribution in [0.4, 0.5) is 0 Å². The summed E-state index contributed by atoms with van der Waals surface area (Å²) >= 11 is 0. The Kier molecular flexibility index (Phi) is 5.71. The molecule has 0 spiro atoms. The molecule has 0 unspecified atom stereocenters. The summed E-state index contributed by atoms with van der Waals surface area (Å²) in [5.74, 6) is -0.475. The summed E-state index contributed by atoms with van der Waals surface area (Å²) in [5.41, 5.74) is 0.635. The summed E-state index contributed by atoms with van der Waals surface area (Å²) < 4.78 is 11.0. The van der Waals surface area contributed by atoms with Crippen LogP contribution in [0, 0.1) is 5.92 Å². The summed E-state index contributed by atoms with van der Waals surface area (Å²) in [6.45, 7) is 4.49. The molecule has 2 aromatic rings. The van der Waals surface area contributed by atoms with Gasteiger partial charge in [0.15, 0.2) is 0 Å². The molecule has 0 fully saturated rings. The van der Waals surface area contributed by atoms with Gasteiger partial charge in [0.25, 0.3) is 11.8 Å². The van der Waals surface area contributed by atoms with Gasteiger partial charge < -0.3 is 14.5 Å². The normalized spacial score (nSPS) is 14.6. The van der Waals surface area contributed by atoms with Crippen molar-refractivity contribution in [2.45, 2.75) is 19.9 Å². The minimum absolute atomic E-state index is 0.236. The van der Waals surface area contributed by atoms with Crippen LogP contribution in [0.15, 0.2) is 47.1 Å². The zero-order chi connectivity index (χ0) is 19.4. The molecule has 3 rings (SSSR count). The van der Waals surface area contributed by atoms with Gasteiger partial charge in [-0.1, -0.05) is 26.0 Å². The third kappa shape index (κ3) is 4.25. The van der Waals surface area contributed by atoms with Crippen molar-refractivity contribution in [3.63, 3.8) is 0 Å². The number of furan rings is 1. The maximum atomic E-state index is 12.5. The Morgan fingerprint density at radius 1 is 1.07 bits per heavy atom. The van der Waals surface area contributed by atoms with Crippen molar-refractivity contribution in [2.24, 2.45) is 5.92 Å². The molecule has 0 bridgehead atoms. The van der Waals surface area contributed by atoms with Crippen molar-refractivity contribution in [2.75, 3.05) is 19.8 Å². The van der Waals surface area contributed by atoms with Crippen molar-refractivity contribution in [1.29, 1.82) is 0 Å². The molecule has 0 aliphatic carbocycles. The van der Waals surface area contributed by atoms with E-state index in [1.807, 2.05) is 13.8 Å². The average molecular weight is 370 g/mol. The predicted molar refractivity (Wildman–Crippen MR) is 97.1 cm³/mol. The fraction of sp³-hybridized carbons (Fsp3) is 0.350. The van der Waals surface area contributed by atoms with E-state index < -0.39 is 23.8 Å². The Bertz CT molecular complexity index is 794. The standard InChI is InChI=1S/C20H22N2O5/c1-13(2)11-26-12-16(17-8-5-9-27-17)21-18(23)10-22-19(24)14-6-3-4-7-15(14)20(22)25/h3-9,13,16H,10-12H2,1-2H3,(H,21,23)/t16-/m1/s1. The number of hydrogen-bond acceptors (Lipinski definition) is 5. The van der Waals surface area contributed by atoms with Gasteiger partial charge in [0.1, 0.15) is 18.3 Å². The van der Waals surface area contributed by atoms with Crippen LogP contribution < -0.4 is 5.32 Å². The van der Waals surface area contributed by atoms with Gasteiger partial charge in [-0.05, 0) is 30.2 Å². The highest BCUT2D eigenvalue weighted by Crippen LogP contribution is 2.22. The van der Waals surface area contributed by atoms with Crippen LogP contribution in [0.3, 0.4) is 0 Å². The van der Waals surface area contributed by atoms with Crippen molar-refractivity contribution < 1.29 is 23.5 Å². The number of rotatable bonds is 8. The molecule has 7 nitrogen and oxygen atoms in total. The Morgan fingerprint density at radius 2 is 1.74 bits per heavy atom. The number of amides is 3. The molecule has 27 heavy (non-hydrogen) atoms. The van der Waals surface area contributed by atoms with E-state index in [1.54, 1.807) is 36.4 Å². The average Bonchev–Trinajstić information content (AvgIpc) is 3.25. The van der Waals surface area contributed by atoms with E-state index in [9.17, 15) is 14.4 Å². The molecule has 7 heteroatoms. The lowest BCUT2D eigenvalue weighted by Gasteiger charge is -2.20. The van der Waals surface area contributed by atoms with Gasteiger partial charge in [-0.25, -0.2) is 0 Å². The zero-order valence-corrected chi connectivity index (χ0v) is 15.3. The maximum Gasteiger partial charge on any atom is 0.262 e. The van der Waals surface area contributed by atoms with Gasteiger partial charge in [-0.2, -0.15) is 0 Å². The van der Waals surface area contributed by atoms with E-state index in [1.165, 1.54) is 6.26 Å². The zero-order valence-electron chi connectivity index (χ0n) is 15.3. The Hall–Kier alpha value is -2.93. The number of nitrogens with one attached hydrogen (secondary N) is 1. The third-order valence-electron chi connectivity index (χ3n) is 4.14. The van der Waals surface area contributed by atoms with E-state index >= 15 is 0 Å². The van der Waals surface area contributed by atoms with E-state index in [2.05, 4.69) is 5.32 Å². The Labute approximate surface area is 157 Å². The largest absolute Gasteiger partial charge is 0.467 e. The SMILES string of the molecule is CC(C)COC[C@@H](NC(=O)CN1C(=O)c2ccccc2C1=O)c1ccco1. The van der Waals surface area contributed by atoms with Gasteiger partial charge in [-0.3, -0.25) is 19.3 Å². The molecule has 1 N–H and O–H groups in total. The lowest BCUT2D eigenvalue weighted by Crippen LogP contribution is -2.42. The molecule has 142 valence electrons. The highest BCUT2D eigenvalue weighted by Gasteiger charge is 2.36. The van der Waals surface area contributed by atoms with Gasteiger partial charge in [-0.15, -0.1) is 0 Å². The molecule has 1 aliphatic heterocycles. The highest BCUT2D eigenvalue weighted by atomic mass is 16.5. The topological polar surface area (TPSA) is 88.9 Å². The first-order valence-corrected chi connectivity index (χ1v) is 8.83. The summed E-state index contributed by atoms with van der Waals surface area (Å²) in [7, 11) is 0. The Balaban J connectivity index is 1.64. The van der Waals surface area contributed by atoms with Crippen molar-refractivity contribution in [3.05, 3.63) is 59.5 Å². The van der Waals surface area contributed by atoms with E-state index in [0.717, 1.165) is 4.90 Å². The summed E-state index contributed by atoms with van der Waals surface area (Å²) in [5, 5.41) is 2.78. The van der Waals surface area contributed by atoms with Crippen LogP contribution in [-0.4, -0.2) is 42.4 Å². The fourth-order valence-corrected chi connectivity index (χ4v) is 2.87. The van der Waals surface area contributed by atoms with Gasteiger partial charge in [0, 0.05) is 6.61 Å². The first kappa shape index (κ1) is 18.8. The van der Waals surface area contributed by atoms with Crippen LogP contribution in [0.1, 0.15) is 46.4 Å². The lowest BCUT2D eigenvalue weighted by molar-refractivity contribution is -0.122. The van der Waals surface area contributed by atoms with Crippen LogP contribution >= 0.6 is 0 Å². The summed E-state index contributed by atoms with van der Waals surface area (Å²) in [6, 6.07) is 9.51. The lowest BCUT2D eigenvalue weighted by atomic mass is 10.1. The van der Waals surface area contributed by atoms with Crippen LogP contribution in [0.2, 0.25) is 0 Å². The number of imide groups is 1. The fourth-order valence-electron chi connectivity index (χ4n) is 2.87. The summed E-state index contributed by atoms with van der Waals surface area (Å²) in [6.07, 6.45) is 1.51. The molecule has 0 radical (unpaired) electrons. The number of nitrogens with zero attached hydrogens (tertiary/aromatic N) is 1. The number of ether oxygens (including phenoxy) is 1. The molecular formula is C20H22N2O5. The number of fused-ring (bicyclic) bond motifs is 1. The van der Waals surface area contributed by atoms with E-state index in [-0.39, 0.29) is 13.2 Å². The molecule has 0 saturated heterocycles. The second kappa shape index (κ2) is 8.18. The van der Waals surface area contributed by atoms with E-state index in [4.69, 9.17) is 9.15 Å². The third-order valence-corrected chi connectivity index (χ3v) is 4.14. The smallest absolute Gasteiger partial charge is 0.262 e. The van der Waals surface area contributed by atoms with Crippen LogP contribution in [0.5, 0.6) is 0 Å². The molecule has 1 atom stereocenters. The first-order valence-electron chi connectivity index (χ1n) is 8.83. The van der Waals surface area contributed by atoms with Gasteiger partial charge in [0.05, 0.1) is 24.0 Å². The molecule has 3 amide bonds. The quantitative estimate of drug-likeness (QED) is 0.721. The minimum atomic E-state index is -0.499. The molecular weight excluding hydrogens is 348 g/mol. The number of carbonyl (C=O) groups is 3. The Morgan fingerprint density at radius 3 is 2.30 bits per heavy atom. The van der Waals surface area contributed by atoms with E-state index in [0.29, 0.717) is 29.4 Å². The van der Waals surface area contributed by atoms with Gasteiger partial charge in [0.2, 0.25) is 5.91 Å². The maximum absolute atomic E-state index is 12.5. The number of carbonyl (C=O) groups excluding carboxylic acids is 3.